The molecule has 5 atom stereocenters. The maximum Gasteiger partial charge on any atom is 0.0648 e. The van der Waals surface area contributed by atoms with E-state index in [1.54, 1.807) is 0 Å². The van der Waals surface area contributed by atoms with Gasteiger partial charge in [0.15, 0.2) is 0 Å². The molecule has 3 saturated carbocycles. The zero-order valence-electron chi connectivity index (χ0n) is 13.3. The van der Waals surface area contributed by atoms with Crippen molar-refractivity contribution in [1.82, 2.24) is 0 Å². The smallest absolute Gasteiger partial charge is 0.0648 e. The summed E-state index contributed by atoms with van der Waals surface area (Å²) in [6.07, 6.45) is 8.96. The van der Waals surface area contributed by atoms with Gasteiger partial charge >= 0.3 is 0 Å². The van der Waals surface area contributed by atoms with Gasteiger partial charge in [-0.2, -0.15) is 0 Å². The highest BCUT2D eigenvalue weighted by molar-refractivity contribution is 5.14. The van der Waals surface area contributed by atoms with Gasteiger partial charge in [-0.15, -0.1) is 6.58 Å². The molecule has 0 radical (unpaired) electrons. The second-order valence-electron chi connectivity index (χ2n) is 8.51. The first-order valence-corrected chi connectivity index (χ1v) is 8.25. The molecule has 3 rings (SSSR count). The van der Waals surface area contributed by atoms with Crippen molar-refractivity contribution >= 4 is 0 Å². The monoisotopic (exact) mass is 278 g/mol. The summed E-state index contributed by atoms with van der Waals surface area (Å²) in [7, 11) is 0. The first kappa shape index (κ1) is 14.6. The predicted molar refractivity (Wildman–Crippen MR) is 81.5 cm³/mol. The van der Waals surface area contributed by atoms with E-state index in [-0.39, 0.29) is 11.5 Å². The Morgan fingerprint density at radius 1 is 1.25 bits per heavy atom. The van der Waals surface area contributed by atoms with Gasteiger partial charge in [-0.05, 0) is 55.3 Å². The van der Waals surface area contributed by atoms with Crippen LogP contribution in [0.1, 0.15) is 59.3 Å². The molecule has 0 saturated heterocycles. The number of ether oxygens (including phenoxy) is 1. The van der Waals surface area contributed by atoms with E-state index in [1.807, 2.05) is 6.08 Å². The van der Waals surface area contributed by atoms with E-state index in [2.05, 4.69) is 27.4 Å². The summed E-state index contributed by atoms with van der Waals surface area (Å²) in [5.74, 6) is 0.755. The molecule has 3 fully saturated rings. The van der Waals surface area contributed by atoms with Crippen molar-refractivity contribution < 1.29 is 9.84 Å². The number of hydrogen-bond acceptors (Lipinski definition) is 2. The second kappa shape index (κ2) is 4.58. The van der Waals surface area contributed by atoms with Crippen molar-refractivity contribution in [3.63, 3.8) is 0 Å². The highest BCUT2D eigenvalue weighted by atomic mass is 16.5. The van der Waals surface area contributed by atoms with Crippen molar-refractivity contribution in [2.24, 2.45) is 22.2 Å². The molecule has 1 N–H and O–H groups in total. The Balaban J connectivity index is 1.94. The third-order valence-electron chi connectivity index (χ3n) is 6.83. The Bertz CT molecular complexity index is 402. The lowest BCUT2D eigenvalue weighted by atomic mass is 9.49. The maximum atomic E-state index is 10.4. The van der Waals surface area contributed by atoms with E-state index in [1.165, 1.54) is 12.8 Å². The van der Waals surface area contributed by atoms with Gasteiger partial charge in [0.1, 0.15) is 0 Å². The number of aliphatic hydroxyl groups is 1. The Morgan fingerprint density at radius 2 is 2.00 bits per heavy atom. The second-order valence-corrected chi connectivity index (χ2v) is 8.51. The molecular weight excluding hydrogens is 248 g/mol. The van der Waals surface area contributed by atoms with Crippen LogP contribution in [0.2, 0.25) is 0 Å². The number of hydrogen-bond donors (Lipinski definition) is 1. The summed E-state index contributed by atoms with van der Waals surface area (Å²) in [6, 6.07) is 0. The lowest BCUT2D eigenvalue weighted by molar-refractivity contribution is -0.153. The third-order valence-corrected chi connectivity index (χ3v) is 6.83. The molecule has 0 aliphatic heterocycles. The summed E-state index contributed by atoms with van der Waals surface area (Å²) >= 11 is 0. The minimum atomic E-state index is -0.113. The lowest BCUT2D eigenvalue weighted by Crippen LogP contribution is -2.54. The van der Waals surface area contributed by atoms with Gasteiger partial charge in [-0.3, -0.25) is 0 Å². The van der Waals surface area contributed by atoms with Gasteiger partial charge in [-0.25, -0.2) is 0 Å². The van der Waals surface area contributed by atoms with Gasteiger partial charge in [0.2, 0.25) is 0 Å². The van der Waals surface area contributed by atoms with E-state index >= 15 is 0 Å². The van der Waals surface area contributed by atoms with Gasteiger partial charge < -0.3 is 9.84 Å². The first-order valence-electron chi connectivity index (χ1n) is 8.25. The molecule has 20 heavy (non-hydrogen) atoms. The van der Waals surface area contributed by atoms with Crippen molar-refractivity contribution in [3.05, 3.63) is 12.7 Å². The molecular formula is C18H30O2. The minimum absolute atomic E-state index is 0.113. The molecule has 2 nitrogen and oxygen atoms in total. The van der Waals surface area contributed by atoms with Crippen molar-refractivity contribution in [2.45, 2.75) is 71.5 Å². The summed E-state index contributed by atoms with van der Waals surface area (Å²) in [5.41, 5.74) is 0.791. The fraction of sp³-hybridized carbons (Fsp3) is 0.889. The quantitative estimate of drug-likeness (QED) is 0.792. The van der Waals surface area contributed by atoms with Crippen molar-refractivity contribution in [2.75, 3.05) is 6.61 Å². The highest BCUT2D eigenvalue weighted by Crippen LogP contribution is 2.69. The van der Waals surface area contributed by atoms with Gasteiger partial charge in [0, 0.05) is 5.41 Å². The van der Waals surface area contributed by atoms with Crippen molar-refractivity contribution in [1.29, 1.82) is 0 Å². The number of fused-ring (bicyclic) bond motifs is 1. The Morgan fingerprint density at radius 3 is 2.70 bits per heavy atom. The highest BCUT2D eigenvalue weighted by Gasteiger charge is 2.65. The standard InChI is InChI=1S/C18H30O2/c1-5-10-20-15-11-16(2,3)13-6-8-17(4)12-18(13,15)9-7-14(17)19/h5,13-15,19H,1,6-12H2,2-4H3/t13-,14+,15-,17+,18-/m0/s1. The summed E-state index contributed by atoms with van der Waals surface area (Å²) in [6.45, 7) is 11.6. The Labute approximate surface area is 123 Å². The van der Waals surface area contributed by atoms with Crippen LogP contribution in [-0.4, -0.2) is 23.9 Å². The normalized spacial score (nSPS) is 49.7. The SMILES string of the molecule is C=CCO[C@H]1CC(C)(C)[C@@H]2CC[C@]3(C)C[C@]12CC[C@H]3O. The van der Waals surface area contributed by atoms with Gasteiger partial charge in [-0.1, -0.05) is 26.8 Å². The largest absolute Gasteiger partial charge is 0.393 e. The molecule has 0 amide bonds. The van der Waals surface area contributed by atoms with Gasteiger partial charge in [0.05, 0.1) is 18.8 Å². The average Bonchev–Trinajstić information content (AvgIpc) is 2.59. The van der Waals surface area contributed by atoms with Crippen LogP contribution in [0, 0.1) is 22.2 Å². The number of rotatable bonds is 3. The van der Waals surface area contributed by atoms with E-state index in [9.17, 15) is 5.11 Å². The Hall–Kier alpha value is -0.340. The number of aliphatic hydroxyl groups excluding tert-OH is 1. The van der Waals surface area contributed by atoms with Crippen LogP contribution in [-0.2, 0) is 4.74 Å². The molecule has 114 valence electrons. The maximum absolute atomic E-state index is 10.4. The van der Waals surface area contributed by atoms with E-state index in [4.69, 9.17) is 4.74 Å². The molecule has 0 aromatic heterocycles. The summed E-state index contributed by atoms with van der Waals surface area (Å²) in [4.78, 5) is 0. The molecule has 0 aromatic rings. The van der Waals surface area contributed by atoms with Crippen LogP contribution < -0.4 is 0 Å². The molecule has 3 aliphatic carbocycles. The molecule has 2 bridgehead atoms. The van der Waals surface area contributed by atoms with Crippen LogP contribution in [0.4, 0.5) is 0 Å². The molecule has 3 aliphatic rings. The van der Waals surface area contributed by atoms with E-state index < -0.39 is 0 Å². The third kappa shape index (κ3) is 1.91. The first-order chi connectivity index (χ1) is 9.34. The fourth-order valence-electron chi connectivity index (χ4n) is 5.93. The summed E-state index contributed by atoms with van der Waals surface area (Å²) < 4.78 is 6.21. The summed E-state index contributed by atoms with van der Waals surface area (Å²) in [5, 5.41) is 10.4. The molecule has 1 spiro atoms. The minimum Gasteiger partial charge on any atom is -0.393 e. The fourth-order valence-corrected chi connectivity index (χ4v) is 5.93. The molecule has 2 heteroatoms. The molecule has 0 heterocycles. The van der Waals surface area contributed by atoms with Gasteiger partial charge in [0.25, 0.3) is 0 Å². The van der Waals surface area contributed by atoms with Crippen LogP contribution in [0.15, 0.2) is 12.7 Å². The zero-order valence-corrected chi connectivity index (χ0v) is 13.3. The zero-order chi connectivity index (χ0) is 14.6. The predicted octanol–water partition coefficient (Wildman–Crippen LogP) is 3.94. The van der Waals surface area contributed by atoms with Crippen molar-refractivity contribution in [3.8, 4) is 0 Å². The Kier molecular flexibility index (Phi) is 3.34. The lowest BCUT2D eigenvalue weighted by Gasteiger charge is -2.58. The van der Waals surface area contributed by atoms with Crippen LogP contribution in [0.3, 0.4) is 0 Å². The van der Waals surface area contributed by atoms with E-state index in [0.29, 0.717) is 23.5 Å². The average molecular weight is 278 g/mol. The van der Waals surface area contributed by atoms with Crippen LogP contribution in [0.5, 0.6) is 0 Å². The molecule has 0 aromatic carbocycles. The molecule has 0 unspecified atom stereocenters. The van der Waals surface area contributed by atoms with Crippen LogP contribution in [0.25, 0.3) is 0 Å². The van der Waals surface area contributed by atoms with E-state index in [0.717, 1.165) is 31.6 Å². The topological polar surface area (TPSA) is 29.5 Å². The van der Waals surface area contributed by atoms with Crippen LogP contribution >= 0.6 is 0 Å².